The van der Waals surface area contributed by atoms with Gasteiger partial charge in [0.15, 0.2) is 0 Å². The van der Waals surface area contributed by atoms with E-state index in [2.05, 4.69) is 26.3 Å². The average Bonchev–Trinajstić information content (AvgIpc) is 2.60. The maximum absolute atomic E-state index is 11.5. The van der Waals surface area contributed by atoms with E-state index in [0.29, 0.717) is 6.54 Å². The molecule has 1 heterocycles. The lowest BCUT2D eigenvalue weighted by Gasteiger charge is -2.11. The van der Waals surface area contributed by atoms with Gasteiger partial charge in [0.1, 0.15) is 0 Å². The minimum Gasteiger partial charge on any atom is -0.356 e. The Labute approximate surface area is 98.2 Å². The van der Waals surface area contributed by atoms with E-state index in [-0.39, 0.29) is 11.8 Å². The normalized spacial score (nSPS) is 12.5. The van der Waals surface area contributed by atoms with Crippen LogP contribution in [0.4, 0.5) is 0 Å². The number of carbonyl (C=O) groups excluding carboxylic acids is 1. The van der Waals surface area contributed by atoms with Gasteiger partial charge in [-0.25, -0.2) is 0 Å². The SMILES string of the molecule is CCCNC(=O)[C@@H](C)Cn1cc(Br)cn1. The molecule has 0 aliphatic carbocycles. The highest BCUT2D eigenvalue weighted by atomic mass is 79.9. The number of amides is 1. The maximum Gasteiger partial charge on any atom is 0.224 e. The predicted molar refractivity (Wildman–Crippen MR) is 62.4 cm³/mol. The first-order valence-corrected chi connectivity index (χ1v) is 5.88. The molecule has 0 saturated heterocycles. The van der Waals surface area contributed by atoms with Crippen LogP contribution in [0.1, 0.15) is 20.3 Å². The van der Waals surface area contributed by atoms with Gasteiger partial charge in [-0.2, -0.15) is 5.10 Å². The fraction of sp³-hybridized carbons (Fsp3) is 0.600. The Kier molecular flexibility index (Phi) is 4.81. The van der Waals surface area contributed by atoms with Crippen LogP contribution in [0.2, 0.25) is 0 Å². The summed E-state index contributed by atoms with van der Waals surface area (Å²) < 4.78 is 2.70. The van der Waals surface area contributed by atoms with Crippen molar-refractivity contribution < 1.29 is 4.79 Å². The molecule has 1 aromatic heterocycles. The lowest BCUT2D eigenvalue weighted by Crippen LogP contribution is -2.32. The lowest BCUT2D eigenvalue weighted by molar-refractivity contribution is -0.124. The van der Waals surface area contributed by atoms with Crippen molar-refractivity contribution in [2.75, 3.05) is 6.54 Å². The van der Waals surface area contributed by atoms with E-state index in [9.17, 15) is 4.79 Å². The Hall–Kier alpha value is -0.840. The van der Waals surface area contributed by atoms with Gasteiger partial charge in [0.25, 0.3) is 0 Å². The van der Waals surface area contributed by atoms with Crippen LogP contribution in [0.25, 0.3) is 0 Å². The van der Waals surface area contributed by atoms with E-state index in [1.54, 1.807) is 10.9 Å². The molecular weight excluding hydrogens is 258 g/mol. The van der Waals surface area contributed by atoms with Crippen molar-refractivity contribution >= 4 is 21.8 Å². The molecule has 0 aliphatic rings. The quantitative estimate of drug-likeness (QED) is 0.890. The van der Waals surface area contributed by atoms with Gasteiger partial charge in [-0.15, -0.1) is 0 Å². The van der Waals surface area contributed by atoms with E-state index >= 15 is 0 Å². The summed E-state index contributed by atoms with van der Waals surface area (Å²) >= 11 is 3.32. The zero-order valence-corrected chi connectivity index (χ0v) is 10.6. The molecule has 0 unspecified atom stereocenters. The van der Waals surface area contributed by atoms with Crippen LogP contribution in [0, 0.1) is 5.92 Å². The van der Waals surface area contributed by atoms with Crippen LogP contribution in [-0.2, 0) is 11.3 Å². The van der Waals surface area contributed by atoms with Crippen LogP contribution in [0.3, 0.4) is 0 Å². The first-order chi connectivity index (χ1) is 7.13. The third-order valence-corrected chi connectivity index (χ3v) is 2.47. The first kappa shape index (κ1) is 12.2. The van der Waals surface area contributed by atoms with Gasteiger partial charge in [-0.05, 0) is 22.4 Å². The summed E-state index contributed by atoms with van der Waals surface area (Å²) in [6.45, 7) is 5.29. The Morgan fingerprint density at radius 1 is 1.73 bits per heavy atom. The fourth-order valence-electron chi connectivity index (χ4n) is 1.22. The van der Waals surface area contributed by atoms with E-state index in [1.807, 2.05) is 20.0 Å². The first-order valence-electron chi connectivity index (χ1n) is 5.09. The number of nitrogens with zero attached hydrogens (tertiary/aromatic N) is 2. The maximum atomic E-state index is 11.5. The largest absolute Gasteiger partial charge is 0.356 e. The van der Waals surface area contributed by atoms with Crippen molar-refractivity contribution in [3.05, 3.63) is 16.9 Å². The predicted octanol–water partition coefficient (Wildman–Crippen LogP) is 1.81. The molecule has 0 aromatic carbocycles. The van der Waals surface area contributed by atoms with Gasteiger partial charge in [0, 0.05) is 12.7 Å². The van der Waals surface area contributed by atoms with Crippen LogP contribution in [0.15, 0.2) is 16.9 Å². The minimum absolute atomic E-state index is 0.0525. The number of carbonyl (C=O) groups is 1. The van der Waals surface area contributed by atoms with Crippen LogP contribution < -0.4 is 5.32 Å². The molecule has 1 amide bonds. The summed E-state index contributed by atoms with van der Waals surface area (Å²) in [6.07, 6.45) is 4.55. The summed E-state index contributed by atoms with van der Waals surface area (Å²) in [7, 11) is 0. The zero-order chi connectivity index (χ0) is 11.3. The van der Waals surface area contributed by atoms with Gasteiger partial charge < -0.3 is 5.32 Å². The molecule has 0 radical (unpaired) electrons. The number of hydrogen-bond donors (Lipinski definition) is 1. The van der Waals surface area contributed by atoms with Crippen molar-refractivity contribution in [3.63, 3.8) is 0 Å². The topological polar surface area (TPSA) is 46.9 Å². The van der Waals surface area contributed by atoms with Gasteiger partial charge in [-0.3, -0.25) is 9.48 Å². The Bertz CT molecular complexity index is 324. The van der Waals surface area contributed by atoms with E-state index in [4.69, 9.17) is 0 Å². The van der Waals surface area contributed by atoms with Crippen molar-refractivity contribution in [2.24, 2.45) is 5.92 Å². The summed E-state index contributed by atoms with van der Waals surface area (Å²) in [5.41, 5.74) is 0. The van der Waals surface area contributed by atoms with Crippen molar-refractivity contribution in [3.8, 4) is 0 Å². The van der Waals surface area contributed by atoms with Crippen LogP contribution >= 0.6 is 15.9 Å². The van der Waals surface area contributed by atoms with E-state index in [1.165, 1.54) is 0 Å². The second kappa shape index (κ2) is 5.90. The van der Waals surface area contributed by atoms with E-state index in [0.717, 1.165) is 17.4 Å². The second-order valence-corrected chi connectivity index (χ2v) is 4.49. The molecule has 84 valence electrons. The third kappa shape index (κ3) is 4.03. The Balaban J connectivity index is 2.41. The van der Waals surface area contributed by atoms with Crippen molar-refractivity contribution in [1.82, 2.24) is 15.1 Å². The molecule has 4 nitrogen and oxygen atoms in total. The zero-order valence-electron chi connectivity index (χ0n) is 9.03. The summed E-state index contributed by atoms with van der Waals surface area (Å²) in [4.78, 5) is 11.5. The lowest BCUT2D eigenvalue weighted by atomic mass is 10.1. The van der Waals surface area contributed by atoms with E-state index < -0.39 is 0 Å². The monoisotopic (exact) mass is 273 g/mol. The summed E-state index contributed by atoms with van der Waals surface area (Å²) in [6, 6.07) is 0. The van der Waals surface area contributed by atoms with Gasteiger partial charge in [-0.1, -0.05) is 13.8 Å². The number of halogens is 1. The van der Waals surface area contributed by atoms with Gasteiger partial charge in [0.05, 0.1) is 23.1 Å². The molecule has 1 rings (SSSR count). The molecule has 0 aliphatic heterocycles. The number of nitrogens with one attached hydrogen (secondary N) is 1. The van der Waals surface area contributed by atoms with Crippen molar-refractivity contribution in [2.45, 2.75) is 26.8 Å². The Morgan fingerprint density at radius 3 is 3.00 bits per heavy atom. The standard InChI is InChI=1S/C10H16BrN3O/c1-3-4-12-10(15)8(2)6-14-7-9(11)5-13-14/h5,7-8H,3-4,6H2,1-2H3,(H,12,15)/t8-/m0/s1. The molecule has 1 atom stereocenters. The third-order valence-electron chi connectivity index (χ3n) is 2.06. The second-order valence-electron chi connectivity index (χ2n) is 3.57. The van der Waals surface area contributed by atoms with Crippen molar-refractivity contribution in [1.29, 1.82) is 0 Å². The van der Waals surface area contributed by atoms with Crippen LogP contribution in [0.5, 0.6) is 0 Å². The molecular formula is C10H16BrN3O. The smallest absolute Gasteiger partial charge is 0.224 e. The van der Waals surface area contributed by atoms with Gasteiger partial charge >= 0.3 is 0 Å². The molecule has 5 heteroatoms. The Morgan fingerprint density at radius 2 is 2.47 bits per heavy atom. The molecule has 1 N–H and O–H groups in total. The molecule has 0 saturated carbocycles. The van der Waals surface area contributed by atoms with Crippen LogP contribution in [-0.4, -0.2) is 22.2 Å². The molecule has 0 spiro atoms. The summed E-state index contributed by atoms with van der Waals surface area (Å²) in [5.74, 6) is 0.0341. The summed E-state index contributed by atoms with van der Waals surface area (Å²) in [5, 5.41) is 6.98. The molecule has 0 bridgehead atoms. The number of rotatable bonds is 5. The fourth-order valence-corrected chi connectivity index (χ4v) is 1.55. The van der Waals surface area contributed by atoms with Gasteiger partial charge in [0.2, 0.25) is 5.91 Å². The molecule has 1 aromatic rings. The minimum atomic E-state index is -0.0525. The number of aromatic nitrogens is 2. The average molecular weight is 274 g/mol. The highest BCUT2D eigenvalue weighted by molar-refractivity contribution is 9.10. The molecule has 15 heavy (non-hydrogen) atoms. The highest BCUT2D eigenvalue weighted by Gasteiger charge is 2.12. The molecule has 0 fully saturated rings. The number of hydrogen-bond acceptors (Lipinski definition) is 2. The highest BCUT2D eigenvalue weighted by Crippen LogP contribution is 2.08.